The molecule has 0 fully saturated rings. The van der Waals surface area contributed by atoms with Gasteiger partial charge in [0.25, 0.3) is 0 Å². The van der Waals surface area contributed by atoms with Gasteiger partial charge in [0.2, 0.25) is 0 Å². The van der Waals surface area contributed by atoms with Gasteiger partial charge in [0.05, 0.1) is 12.7 Å². The summed E-state index contributed by atoms with van der Waals surface area (Å²) < 4.78 is 5.44. The lowest BCUT2D eigenvalue weighted by molar-refractivity contribution is 0.0990. The maximum atomic E-state index is 12.6. The van der Waals surface area contributed by atoms with Crippen LogP contribution in [0.4, 0.5) is 0 Å². The summed E-state index contributed by atoms with van der Waals surface area (Å²) in [7, 11) is 1.62. The first-order chi connectivity index (χ1) is 9.93. The molecule has 110 valence electrons. The molecular formula is C19H22O2. The van der Waals surface area contributed by atoms with Crippen LogP contribution in [0.2, 0.25) is 0 Å². The summed E-state index contributed by atoms with van der Waals surface area (Å²) in [5.41, 5.74) is 6.34. The minimum Gasteiger partial charge on any atom is -0.496 e. The molecule has 0 spiro atoms. The van der Waals surface area contributed by atoms with E-state index in [0.29, 0.717) is 17.7 Å². The number of ether oxygens (including phenoxy) is 1. The van der Waals surface area contributed by atoms with Crippen molar-refractivity contribution in [2.75, 3.05) is 7.11 Å². The molecule has 0 saturated heterocycles. The number of ketones is 1. The van der Waals surface area contributed by atoms with Crippen LogP contribution in [0.3, 0.4) is 0 Å². The second-order valence-corrected chi connectivity index (χ2v) is 5.61. The second-order valence-electron chi connectivity index (χ2n) is 5.61. The molecule has 0 unspecified atom stereocenters. The molecule has 2 aromatic rings. The van der Waals surface area contributed by atoms with E-state index in [0.717, 1.165) is 16.7 Å². The minimum atomic E-state index is 0.0956. The predicted molar refractivity (Wildman–Crippen MR) is 86.4 cm³/mol. The monoisotopic (exact) mass is 282 g/mol. The number of hydrogen-bond donors (Lipinski definition) is 0. The predicted octanol–water partition coefficient (Wildman–Crippen LogP) is 4.35. The second kappa shape index (κ2) is 6.13. The molecule has 2 heteroatoms. The highest BCUT2D eigenvalue weighted by Gasteiger charge is 2.16. The Hall–Kier alpha value is -2.09. The summed E-state index contributed by atoms with van der Waals surface area (Å²) >= 11 is 0. The lowest BCUT2D eigenvalue weighted by Crippen LogP contribution is -2.07. The highest BCUT2D eigenvalue weighted by Crippen LogP contribution is 2.27. The van der Waals surface area contributed by atoms with Crippen molar-refractivity contribution in [1.29, 1.82) is 0 Å². The van der Waals surface area contributed by atoms with Gasteiger partial charge in [0, 0.05) is 6.42 Å². The smallest absolute Gasteiger partial charge is 0.170 e. The normalized spacial score (nSPS) is 10.5. The van der Waals surface area contributed by atoms with Gasteiger partial charge in [-0.2, -0.15) is 0 Å². The Balaban J connectivity index is 2.32. The van der Waals surface area contributed by atoms with E-state index in [-0.39, 0.29) is 5.78 Å². The van der Waals surface area contributed by atoms with Gasteiger partial charge in [-0.15, -0.1) is 0 Å². The molecule has 2 rings (SSSR count). The molecule has 0 aliphatic heterocycles. The molecule has 0 saturated carbocycles. The number of aryl methyl sites for hydroxylation is 3. The summed E-state index contributed by atoms with van der Waals surface area (Å²) in [6, 6.07) is 10.0. The van der Waals surface area contributed by atoms with Crippen LogP contribution >= 0.6 is 0 Å². The Kier molecular flexibility index (Phi) is 4.46. The third kappa shape index (κ3) is 3.15. The molecule has 0 N–H and O–H groups in total. The van der Waals surface area contributed by atoms with Gasteiger partial charge in [-0.25, -0.2) is 0 Å². The fraction of sp³-hybridized carbons (Fsp3) is 0.316. The fourth-order valence-corrected chi connectivity index (χ4v) is 2.47. The van der Waals surface area contributed by atoms with Gasteiger partial charge >= 0.3 is 0 Å². The van der Waals surface area contributed by atoms with E-state index < -0.39 is 0 Å². The number of rotatable bonds is 4. The van der Waals surface area contributed by atoms with Crippen molar-refractivity contribution in [1.82, 2.24) is 0 Å². The van der Waals surface area contributed by atoms with Crippen LogP contribution in [0.15, 0.2) is 30.3 Å². The highest BCUT2D eigenvalue weighted by atomic mass is 16.5. The Labute approximate surface area is 126 Å². The number of benzene rings is 2. The van der Waals surface area contributed by atoms with Gasteiger partial charge < -0.3 is 4.74 Å². The zero-order valence-electron chi connectivity index (χ0n) is 13.4. The standard InChI is InChI=1S/C19H22O2/c1-12-6-8-16(10-14(12)3)11-18(20)17-9-7-13(2)15(4)19(17)21-5/h6-10H,11H2,1-5H3. The third-order valence-corrected chi connectivity index (χ3v) is 4.12. The van der Waals surface area contributed by atoms with Crippen LogP contribution in [-0.4, -0.2) is 12.9 Å². The van der Waals surface area contributed by atoms with Crippen LogP contribution in [0.1, 0.15) is 38.2 Å². The van der Waals surface area contributed by atoms with E-state index >= 15 is 0 Å². The first-order valence-electron chi connectivity index (χ1n) is 7.17. The molecular weight excluding hydrogens is 260 g/mol. The first-order valence-corrected chi connectivity index (χ1v) is 7.17. The molecule has 0 atom stereocenters. The summed E-state index contributed by atoms with van der Waals surface area (Å²) in [5.74, 6) is 0.794. The minimum absolute atomic E-state index is 0.0956. The van der Waals surface area contributed by atoms with Crippen LogP contribution in [0, 0.1) is 27.7 Å². The van der Waals surface area contributed by atoms with Crippen molar-refractivity contribution in [2.24, 2.45) is 0 Å². The van der Waals surface area contributed by atoms with E-state index in [1.165, 1.54) is 11.1 Å². The van der Waals surface area contributed by atoms with Gasteiger partial charge in [0.1, 0.15) is 5.75 Å². The number of carbonyl (C=O) groups is 1. The molecule has 0 bridgehead atoms. The Morgan fingerprint density at radius 1 is 0.952 bits per heavy atom. The van der Waals surface area contributed by atoms with Gasteiger partial charge in [-0.05, 0) is 61.6 Å². The Bertz CT molecular complexity index is 684. The van der Waals surface area contributed by atoms with Crippen LogP contribution in [-0.2, 0) is 6.42 Å². The Morgan fingerprint density at radius 2 is 1.62 bits per heavy atom. The van der Waals surface area contributed by atoms with Gasteiger partial charge in [-0.1, -0.05) is 24.3 Å². The molecule has 21 heavy (non-hydrogen) atoms. The molecule has 2 nitrogen and oxygen atoms in total. The number of carbonyl (C=O) groups excluding carboxylic acids is 1. The molecule has 0 amide bonds. The van der Waals surface area contributed by atoms with Crippen molar-refractivity contribution in [3.63, 3.8) is 0 Å². The van der Waals surface area contributed by atoms with Crippen molar-refractivity contribution < 1.29 is 9.53 Å². The van der Waals surface area contributed by atoms with Crippen molar-refractivity contribution in [3.05, 3.63) is 63.7 Å². The van der Waals surface area contributed by atoms with Crippen LogP contribution in [0.25, 0.3) is 0 Å². The summed E-state index contributed by atoms with van der Waals surface area (Å²) in [4.78, 5) is 12.6. The maximum Gasteiger partial charge on any atom is 0.170 e. The zero-order valence-corrected chi connectivity index (χ0v) is 13.4. The fourth-order valence-electron chi connectivity index (χ4n) is 2.47. The number of methoxy groups -OCH3 is 1. The quantitative estimate of drug-likeness (QED) is 0.779. The molecule has 0 aliphatic rings. The molecule has 0 aromatic heterocycles. The van der Waals surface area contributed by atoms with E-state index in [9.17, 15) is 4.79 Å². The Morgan fingerprint density at radius 3 is 2.24 bits per heavy atom. The molecule has 0 radical (unpaired) electrons. The number of hydrogen-bond acceptors (Lipinski definition) is 2. The lowest BCUT2D eigenvalue weighted by atomic mass is 9.96. The van der Waals surface area contributed by atoms with Crippen molar-refractivity contribution in [3.8, 4) is 5.75 Å². The van der Waals surface area contributed by atoms with Gasteiger partial charge in [-0.3, -0.25) is 4.79 Å². The summed E-state index contributed by atoms with van der Waals surface area (Å²) in [5, 5.41) is 0. The van der Waals surface area contributed by atoms with E-state index in [1.807, 2.05) is 32.0 Å². The SMILES string of the molecule is COc1c(C(=O)Cc2ccc(C)c(C)c2)ccc(C)c1C. The lowest BCUT2D eigenvalue weighted by Gasteiger charge is -2.13. The van der Waals surface area contributed by atoms with Gasteiger partial charge in [0.15, 0.2) is 5.78 Å². The van der Waals surface area contributed by atoms with E-state index in [1.54, 1.807) is 7.11 Å². The third-order valence-electron chi connectivity index (χ3n) is 4.12. The summed E-state index contributed by atoms with van der Waals surface area (Å²) in [6.45, 7) is 8.16. The first kappa shape index (κ1) is 15.3. The van der Waals surface area contributed by atoms with Crippen LogP contribution < -0.4 is 4.74 Å². The average molecular weight is 282 g/mol. The average Bonchev–Trinajstić information content (AvgIpc) is 2.45. The zero-order chi connectivity index (χ0) is 15.6. The van der Waals surface area contributed by atoms with E-state index in [2.05, 4.69) is 26.0 Å². The van der Waals surface area contributed by atoms with Crippen LogP contribution in [0.5, 0.6) is 5.75 Å². The van der Waals surface area contributed by atoms with Crippen molar-refractivity contribution >= 4 is 5.78 Å². The molecule has 0 heterocycles. The molecule has 2 aromatic carbocycles. The van der Waals surface area contributed by atoms with E-state index in [4.69, 9.17) is 4.74 Å². The highest BCUT2D eigenvalue weighted by molar-refractivity contribution is 6.00. The topological polar surface area (TPSA) is 26.3 Å². The summed E-state index contributed by atoms with van der Waals surface area (Å²) in [6.07, 6.45) is 0.403. The largest absolute Gasteiger partial charge is 0.496 e. The maximum absolute atomic E-state index is 12.6. The van der Waals surface area contributed by atoms with Crippen molar-refractivity contribution in [2.45, 2.75) is 34.1 Å². The molecule has 0 aliphatic carbocycles. The number of Topliss-reactive ketones (excluding diaryl/α,β-unsaturated/α-hetero) is 1.